The first-order valence-corrected chi connectivity index (χ1v) is 6.41. The second-order valence-electron chi connectivity index (χ2n) is 4.75. The molecule has 0 bridgehead atoms. The van der Waals surface area contributed by atoms with E-state index in [9.17, 15) is 5.11 Å². The monoisotopic (exact) mass is 235 g/mol. The van der Waals surface area contributed by atoms with Crippen LogP contribution in [0.5, 0.6) is 0 Å². The molecule has 1 heterocycles. The van der Waals surface area contributed by atoms with Crippen molar-refractivity contribution in [1.82, 2.24) is 0 Å². The molecule has 0 saturated carbocycles. The number of ether oxygens (including phenoxy) is 1. The van der Waals surface area contributed by atoms with Gasteiger partial charge in [0.15, 0.2) is 0 Å². The first kappa shape index (κ1) is 12.4. The van der Waals surface area contributed by atoms with Crippen LogP contribution in [0.4, 0.5) is 5.69 Å². The van der Waals surface area contributed by atoms with Crippen LogP contribution in [0.15, 0.2) is 24.3 Å². The first-order valence-electron chi connectivity index (χ1n) is 6.41. The van der Waals surface area contributed by atoms with Crippen molar-refractivity contribution in [3.63, 3.8) is 0 Å². The van der Waals surface area contributed by atoms with E-state index >= 15 is 0 Å². The summed E-state index contributed by atoms with van der Waals surface area (Å²) in [6.45, 7) is 0.905. The molecule has 0 spiro atoms. The zero-order chi connectivity index (χ0) is 12.1. The van der Waals surface area contributed by atoms with E-state index < -0.39 is 6.10 Å². The van der Waals surface area contributed by atoms with Crippen LogP contribution in [-0.2, 0) is 4.74 Å². The number of hydrogen-bond donors (Lipinski definition) is 2. The van der Waals surface area contributed by atoms with Gasteiger partial charge in [0.25, 0.3) is 0 Å². The standard InChI is InChI=1S/C14H21NO2/c15-12-5-1-4-11(10-12)14(16)8-2-6-13-7-3-9-17-13/h1,4-5,10,13-14,16H,2-3,6-9,15H2. The quantitative estimate of drug-likeness (QED) is 0.771. The van der Waals surface area contributed by atoms with Gasteiger partial charge in [-0.25, -0.2) is 0 Å². The average molecular weight is 235 g/mol. The van der Waals surface area contributed by atoms with Crippen LogP contribution in [0.2, 0.25) is 0 Å². The van der Waals surface area contributed by atoms with Crippen LogP contribution in [-0.4, -0.2) is 17.8 Å². The minimum atomic E-state index is -0.403. The van der Waals surface area contributed by atoms with Gasteiger partial charge in [-0.05, 0) is 49.8 Å². The summed E-state index contributed by atoms with van der Waals surface area (Å²) < 4.78 is 5.56. The Hall–Kier alpha value is -1.06. The fourth-order valence-electron chi connectivity index (χ4n) is 2.34. The predicted molar refractivity (Wildman–Crippen MR) is 68.6 cm³/mol. The molecular formula is C14H21NO2. The van der Waals surface area contributed by atoms with Gasteiger partial charge in [-0.15, -0.1) is 0 Å². The van der Waals surface area contributed by atoms with Crippen molar-refractivity contribution in [3.05, 3.63) is 29.8 Å². The summed E-state index contributed by atoms with van der Waals surface area (Å²) >= 11 is 0. The topological polar surface area (TPSA) is 55.5 Å². The van der Waals surface area contributed by atoms with Crippen LogP contribution in [0.1, 0.15) is 43.8 Å². The van der Waals surface area contributed by atoms with E-state index in [0.29, 0.717) is 11.8 Å². The van der Waals surface area contributed by atoms with E-state index in [1.807, 2.05) is 24.3 Å². The lowest BCUT2D eigenvalue weighted by Gasteiger charge is -2.13. The maximum absolute atomic E-state index is 10.0. The molecule has 2 atom stereocenters. The Bertz CT molecular complexity index is 348. The number of benzene rings is 1. The van der Waals surface area contributed by atoms with Gasteiger partial charge >= 0.3 is 0 Å². The third kappa shape index (κ3) is 3.72. The Morgan fingerprint density at radius 1 is 1.47 bits per heavy atom. The molecule has 1 aliphatic rings. The van der Waals surface area contributed by atoms with Gasteiger partial charge in [-0.2, -0.15) is 0 Å². The molecule has 94 valence electrons. The molecular weight excluding hydrogens is 214 g/mol. The van der Waals surface area contributed by atoms with Gasteiger partial charge in [0, 0.05) is 12.3 Å². The van der Waals surface area contributed by atoms with Crippen molar-refractivity contribution in [2.24, 2.45) is 0 Å². The molecule has 1 aromatic carbocycles. The molecule has 3 heteroatoms. The lowest BCUT2D eigenvalue weighted by atomic mass is 10.0. The molecule has 1 aliphatic heterocycles. The number of aliphatic hydroxyl groups excluding tert-OH is 1. The Kier molecular flexibility index (Phi) is 4.40. The van der Waals surface area contributed by atoms with E-state index in [1.165, 1.54) is 12.8 Å². The Morgan fingerprint density at radius 3 is 3.06 bits per heavy atom. The van der Waals surface area contributed by atoms with Crippen molar-refractivity contribution >= 4 is 5.69 Å². The summed E-state index contributed by atoms with van der Waals surface area (Å²) in [7, 11) is 0. The lowest BCUT2D eigenvalue weighted by Crippen LogP contribution is -2.06. The van der Waals surface area contributed by atoms with Crippen molar-refractivity contribution in [2.75, 3.05) is 12.3 Å². The lowest BCUT2D eigenvalue weighted by molar-refractivity contribution is 0.0945. The molecule has 1 saturated heterocycles. The number of aliphatic hydroxyl groups is 1. The van der Waals surface area contributed by atoms with Crippen molar-refractivity contribution in [2.45, 2.75) is 44.3 Å². The van der Waals surface area contributed by atoms with Crippen LogP contribution in [0.25, 0.3) is 0 Å². The molecule has 0 aliphatic carbocycles. The van der Waals surface area contributed by atoms with Crippen molar-refractivity contribution in [1.29, 1.82) is 0 Å². The predicted octanol–water partition coefficient (Wildman–Crippen LogP) is 2.65. The summed E-state index contributed by atoms with van der Waals surface area (Å²) in [6.07, 6.45) is 5.21. The summed E-state index contributed by atoms with van der Waals surface area (Å²) in [5.41, 5.74) is 7.32. The van der Waals surface area contributed by atoms with Gasteiger partial charge in [-0.1, -0.05) is 12.1 Å². The van der Waals surface area contributed by atoms with Gasteiger partial charge < -0.3 is 15.6 Å². The SMILES string of the molecule is Nc1cccc(C(O)CCCC2CCCO2)c1. The number of nitrogen functional groups attached to an aromatic ring is 1. The highest BCUT2D eigenvalue weighted by Crippen LogP contribution is 2.23. The maximum Gasteiger partial charge on any atom is 0.0790 e. The zero-order valence-electron chi connectivity index (χ0n) is 10.1. The largest absolute Gasteiger partial charge is 0.399 e. The van der Waals surface area contributed by atoms with Crippen molar-refractivity contribution in [3.8, 4) is 0 Å². The molecule has 3 nitrogen and oxygen atoms in total. The van der Waals surface area contributed by atoms with E-state index in [1.54, 1.807) is 0 Å². The second kappa shape index (κ2) is 6.03. The minimum absolute atomic E-state index is 0.403. The van der Waals surface area contributed by atoms with E-state index in [-0.39, 0.29) is 0 Å². The third-order valence-electron chi connectivity index (χ3n) is 3.32. The van der Waals surface area contributed by atoms with E-state index in [2.05, 4.69) is 0 Å². The molecule has 0 radical (unpaired) electrons. The van der Waals surface area contributed by atoms with Gasteiger partial charge in [0.2, 0.25) is 0 Å². The summed E-state index contributed by atoms with van der Waals surface area (Å²) in [6, 6.07) is 7.49. The van der Waals surface area contributed by atoms with Crippen LogP contribution in [0.3, 0.4) is 0 Å². The van der Waals surface area contributed by atoms with Crippen LogP contribution < -0.4 is 5.73 Å². The molecule has 1 fully saturated rings. The van der Waals surface area contributed by atoms with Gasteiger partial charge in [0.05, 0.1) is 12.2 Å². The number of hydrogen-bond acceptors (Lipinski definition) is 3. The van der Waals surface area contributed by atoms with Gasteiger partial charge in [-0.3, -0.25) is 0 Å². The normalized spacial score (nSPS) is 21.6. The first-order chi connectivity index (χ1) is 8.25. The molecule has 2 rings (SSSR count). The molecule has 17 heavy (non-hydrogen) atoms. The minimum Gasteiger partial charge on any atom is -0.399 e. The number of rotatable bonds is 5. The summed E-state index contributed by atoms with van der Waals surface area (Å²) in [5, 5.41) is 10.0. The van der Waals surface area contributed by atoms with Crippen LogP contribution >= 0.6 is 0 Å². The molecule has 2 unspecified atom stereocenters. The Labute approximate surface area is 103 Å². The highest BCUT2D eigenvalue weighted by Gasteiger charge is 2.16. The maximum atomic E-state index is 10.0. The summed E-state index contributed by atoms with van der Waals surface area (Å²) in [5.74, 6) is 0. The third-order valence-corrected chi connectivity index (χ3v) is 3.32. The van der Waals surface area contributed by atoms with Crippen LogP contribution in [0, 0.1) is 0 Å². The molecule has 0 amide bonds. The van der Waals surface area contributed by atoms with Crippen molar-refractivity contribution < 1.29 is 9.84 Å². The number of nitrogens with two attached hydrogens (primary N) is 1. The zero-order valence-corrected chi connectivity index (χ0v) is 10.1. The van der Waals surface area contributed by atoms with Gasteiger partial charge in [0.1, 0.15) is 0 Å². The molecule has 0 aromatic heterocycles. The van der Waals surface area contributed by atoms with E-state index in [0.717, 1.165) is 31.4 Å². The summed E-state index contributed by atoms with van der Waals surface area (Å²) in [4.78, 5) is 0. The number of anilines is 1. The smallest absolute Gasteiger partial charge is 0.0790 e. The Balaban J connectivity index is 1.74. The average Bonchev–Trinajstić information content (AvgIpc) is 2.82. The Morgan fingerprint density at radius 2 is 2.35 bits per heavy atom. The highest BCUT2D eigenvalue weighted by atomic mass is 16.5. The van der Waals surface area contributed by atoms with E-state index in [4.69, 9.17) is 10.5 Å². The molecule has 1 aromatic rings. The highest BCUT2D eigenvalue weighted by molar-refractivity contribution is 5.41. The fourth-order valence-corrected chi connectivity index (χ4v) is 2.34. The fraction of sp³-hybridized carbons (Fsp3) is 0.571. The molecule has 3 N–H and O–H groups in total. The second-order valence-corrected chi connectivity index (χ2v) is 4.75.